The molecule has 0 unspecified atom stereocenters. The zero-order valence-corrected chi connectivity index (χ0v) is 23.4. The summed E-state index contributed by atoms with van der Waals surface area (Å²) in [6, 6.07) is 16.4. The average Bonchev–Trinajstić information content (AvgIpc) is 2.77. The van der Waals surface area contributed by atoms with E-state index in [4.69, 9.17) is 4.43 Å². The maximum absolute atomic E-state index is 11.8. The molecule has 35 heavy (non-hydrogen) atoms. The molecule has 1 aliphatic rings. The minimum Gasteiger partial charge on any atom is -0.543 e. The van der Waals surface area contributed by atoms with Crippen LogP contribution in [0.15, 0.2) is 61.2 Å². The summed E-state index contributed by atoms with van der Waals surface area (Å²) in [6.45, 7) is 22.4. The molecule has 2 aromatic rings. The van der Waals surface area contributed by atoms with Crippen LogP contribution in [0.1, 0.15) is 62.1 Å². The first kappa shape index (κ1) is 27.2. The van der Waals surface area contributed by atoms with Crippen LogP contribution < -0.4 is 4.43 Å². The van der Waals surface area contributed by atoms with Gasteiger partial charge in [0.2, 0.25) is 8.32 Å². The van der Waals surface area contributed by atoms with E-state index in [0.717, 1.165) is 36.5 Å². The predicted molar refractivity (Wildman–Crippen MR) is 147 cm³/mol. The van der Waals surface area contributed by atoms with Crippen molar-refractivity contribution in [2.45, 2.75) is 70.9 Å². The van der Waals surface area contributed by atoms with Gasteiger partial charge in [0.1, 0.15) is 5.75 Å². The van der Waals surface area contributed by atoms with Gasteiger partial charge in [-0.25, -0.2) is 4.79 Å². The summed E-state index contributed by atoms with van der Waals surface area (Å²) >= 11 is 0. The number of benzene rings is 2. The van der Waals surface area contributed by atoms with Gasteiger partial charge in [0.25, 0.3) is 0 Å². The number of carboxylic acid groups (broad SMARTS) is 1. The fourth-order valence-corrected chi connectivity index (χ4v) is 5.64. The van der Waals surface area contributed by atoms with Crippen molar-refractivity contribution in [1.82, 2.24) is 9.80 Å². The summed E-state index contributed by atoms with van der Waals surface area (Å²) in [7, 11) is -2.00. The molecule has 0 amide bonds. The first-order valence-corrected chi connectivity index (χ1v) is 15.5. The second kappa shape index (κ2) is 10.7. The highest BCUT2D eigenvalue weighted by molar-refractivity contribution is 6.74. The molecular formula is C29H42N2O3Si. The van der Waals surface area contributed by atoms with Gasteiger partial charge in [-0.1, -0.05) is 51.1 Å². The van der Waals surface area contributed by atoms with Gasteiger partial charge in [-0.2, -0.15) is 0 Å². The number of hydrogen-bond donors (Lipinski definition) is 1. The topological polar surface area (TPSA) is 53.0 Å². The third-order valence-corrected chi connectivity index (χ3v) is 12.0. The molecule has 1 saturated heterocycles. The highest BCUT2D eigenvalue weighted by Gasteiger charge is 2.39. The second-order valence-electron chi connectivity index (χ2n) is 11.4. The van der Waals surface area contributed by atoms with E-state index in [1.807, 2.05) is 30.3 Å². The molecule has 0 aromatic heterocycles. The fraction of sp³-hybridized carbons (Fsp3) is 0.483. The number of rotatable bonds is 8. The van der Waals surface area contributed by atoms with Gasteiger partial charge in [-0.3, -0.25) is 9.80 Å². The Morgan fingerprint density at radius 2 is 1.74 bits per heavy atom. The number of hydrogen-bond acceptors (Lipinski definition) is 4. The zero-order valence-electron chi connectivity index (χ0n) is 22.4. The van der Waals surface area contributed by atoms with Gasteiger partial charge in [-0.15, -0.1) is 6.58 Å². The first-order chi connectivity index (χ1) is 16.3. The van der Waals surface area contributed by atoms with E-state index in [0.29, 0.717) is 11.6 Å². The average molecular weight is 495 g/mol. The molecule has 1 fully saturated rings. The quantitative estimate of drug-likeness (QED) is 0.338. The van der Waals surface area contributed by atoms with Crippen LogP contribution in [0.2, 0.25) is 18.1 Å². The number of nitrogens with zero attached hydrogens (tertiary/aromatic N) is 2. The number of piperazine rings is 1. The first-order valence-electron chi connectivity index (χ1n) is 12.6. The Labute approximate surface area is 212 Å². The summed E-state index contributed by atoms with van der Waals surface area (Å²) < 4.78 is 6.65. The number of aromatic carboxylic acids is 1. The Hall–Kier alpha value is -2.41. The molecule has 1 heterocycles. The molecule has 0 bridgehead atoms. The lowest BCUT2D eigenvalue weighted by atomic mass is 9.92. The summed E-state index contributed by atoms with van der Waals surface area (Å²) in [6.07, 6.45) is 1.97. The van der Waals surface area contributed by atoms with Gasteiger partial charge in [-0.05, 0) is 67.4 Å². The van der Waals surface area contributed by atoms with Crippen LogP contribution in [0.25, 0.3) is 0 Å². The summed E-state index contributed by atoms with van der Waals surface area (Å²) in [5.74, 6) is -0.0164. The van der Waals surface area contributed by atoms with Crippen molar-refractivity contribution < 1.29 is 14.3 Å². The highest BCUT2D eigenvalue weighted by atomic mass is 28.4. The van der Waals surface area contributed by atoms with Crippen LogP contribution in [0.3, 0.4) is 0 Å². The van der Waals surface area contributed by atoms with Crippen LogP contribution in [0.4, 0.5) is 0 Å². The third-order valence-electron chi connectivity index (χ3n) is 7.66. The van der Waals surface area contributed by atoms with Crippen LogP contribution in [-0.4, -0.2) is 60.9 Å². The van der Waals surface area contributed by atoms with Crippen molar-refractivity contribution in [2.24, 2.45) is 0 Å². The lowest BCUT2D eigenvalue weighted by Gasteiger charge is -2.47. The maximum Gasteiger partial charge on any atom is 0.335 e. The maximum atomic E-state index is 11.8. The molecule has 3 rings (SSSR count). The summed E-state index contributed by atoms with van der Waals surface area (Å²) in [5, 5.41) is 9.76. The molecule has 0 aliphatic carbocycles. The standard InChI is InChI=1S/C29H42N2O3Si/c1-9-16-30-19-22(3)31(20-21(30)2)27(23-12-10-14-25(17-23)28(32)33)24-13-11-15-26(18-24)34-35(7,8)29(4,5)6/h9-15,17-18,21-22,27H,1,16,19-20H2,2-8H3,(H,32,33)/t21-,22+,27-/m1/s1. The van der Waals surface area contributed by atoms with Gasteiger partial charge in [0.15, 0.2) is 0 Å². The van der Waals surface area contributed by atoms with Crippen LogP contribution >= 0.6 is 0 Å². The molecule has 5 nitrogen and oxygen atoms in total. The Balaban J connectivity index is 2.06. The van der Waals surface area contributed by atoms with Crippen molar-refractivity contribution >= 4 is 14.3 Å². The van der Waals surface area contributed by atoms with Gasteiger partial charge in [0, 0.05) is 31.7 Å². The van der Waals surface area contributed by atoms with E-state index in [-0.39, 0.29) is 17.1 Å². The monoisotopic (exact) mass is 494 g/mol. The highest BCUT2D eigenvalue weighted by Crippen LogP contribution is 2.39. The van der Waals surface area contributed by atoms with Gasteiger partial charge >= 0.3 is 5.97 Å². The van der Waals surface area contributed by atoms with Gasteiger partial charge < -0.3 is 9.53 Å². The minimum absolute atomic E-state index is 0.0689. The molecule has 0 spiro atoms. The second-order valence-corrected chi connectivity index (χ2v) is 16.1. The van der Waals surface area contributed by atoms with Crippen molar-refractivity contribution in [3.05, 3.63) is 77.9 Å². The fourth-order valence-electron chi connectivity index (χ4n) is 4.62. The van der Waals surface area contributed by atoms with E-state index in [9.17, 15) is 9.90 Å². The predicted octanol–water partition coefficient (Wildman–Crippen LogP) is 6.44. The Morgan fingerprint density at radius 1 is 1.11 bits per heavy atom. The number of carboxylic acids is 1. The van der Waals surface area contributed by atoms with Crippen molar-refractivity contribution in [3.63, 3.8) is 0 Å². The third kappa shape index (κ3) is 6.24. The van der Waals surface area contributed by atoms with E-state index in [1.165, 1.54) is 0 Å². The normalized spacial score (nSPS) is 20.9. The molecule has 1 N–H and O–H groups in total. The van der Waals surface area contributed by atoms with Gasteiger partial charge in [0.05, 0.1) is 11.6 Å². The summed E-state index contributed by atoms with van der Waals surface area (Å²) in [5.41, 5.74) is 2.43. The molecule has 6 heteroatoms. The molecular weight excluding hydrogens is 452 g/mol. The molecule has 3 atom stereocenters. The van der Waals surface area contributed by atoms with E-state index < -0.39 is 14.3 Å². The molecule has 0 radical (unpaired) electrons. The van der Waals surface area contributed by atoms with Crippen molar-refractivity contribution in [1.29, 1.82) is 0 Å². The Kier molecular flexibility index (Phi) is 8.30. The molecule has 190 valence electrons. The lowest BCUT2D eigenvalue weighted by Crippen LogP contribution is -2.57. The molecule has 2 aromatic carbocycles. The Bertz CT molecular complexity index is 1050. The molecule has 1 aliphatic heterocycles. The Morgan fingerprint density at radius 3 is 2.34 bits per heavy atom. The minimum atomic E-state index is -2.00. The van der Waals surface area contributed by atoms with E-state index >= 15 is 0 Å². The number of carbonyl (C=O) groups is 1. The molecule has 0 saturated carbocycles. The van der Waals surface area contributed by atoms with Crippen LogP contribution in [0, 0.1) is 0 Å². The largest absolute Gasteiger partial charge is 0.543 e. The van der Waals surface area contributed by atoms with E-state index in [1.54, 1.807) is 6.07 Å². The lowest BCUT2D eigenvalue weighted by molar-refractivity contribution is 0.0306. The SMILES string of the molecule is C=CCN1C[C@H](C)N([C@@H](c2cccc(O[Si](C)(C)C(C)(C)C)c2)c2cccc(C(=O)O)c2)C[C@H]1C. The van der Waals surface area contributed by atoms with Crippen molar-refractivity contribution in [2.75, 3.05) is 19.6 Å². The van der Waals surface area contributed by atoms with Crippen molar-refractivity contribution in [3.8, 4) is 5.75 Å². The van der Waals surface area contributed by atoms with Crippen LogP contribution in [-0.2, 0) is 0 Å². The smallest absolute Gasteiger partial charge is 0.335 e. The van der Waals surface area contributed by atoms with E-state index in [2.05, 4.69) is 82.3 Å². The van der Waals surface area contributed by atoms with Crippen LogP contribution in [0.5, 0.6) is 5.75 Å². The zero-order chi connectivity index (χ0) is 26.0. The summed E-state index contributed by atoms with van der Waals surface area (Å²) in [4.78, 5) is 16.7.